The fourth-order valence-corrected chi connectivity index (χ4v) is 1.09. The number of aromatic nitrogens is 1. The van der Waals surface area contributed by atoms with Crippen molar-refractivity contribution in [2.45, 2.75) is 0 Å². The van der Waals surface area contributed by atoms with E-state index in [0.29, 0.717) is 16.1 Å². The normalized spacial score (nSPS) is 12.2. The Bertz CT molecular complexity index is 410. The first-order valence-electron chi connectivity index (χ1n) is 3.24. The van der Waals surface area contributed by atoms with Crippen LogP contribution in [0.15, 0.2) is 23.7 Å². The summed E-state index contributed by atoms with van der Waals surface area (Å²) in [5.41, 5.74) is 0.544. The molecule has 6 heteroatoms. The highest BCUT2D eigenvalue weighted by atomic mass is 35.5. The molecule has 1 aromatic heterocycles. The summed E-state index contributed by atoms with van der Waals surface area (Å²) in [4.78, 5) is 3.72. The molecule has 1 N–H and O–H groups in total. The SMILES string of the molecule is O=S(=O)(O)/C=C/c1ccc(Cl)nc1. The lowest BCUT2D eigenvalue weighted by atomic mass is 10.3. The summed E-state index contributed by atoms with van der Waals surface area (Å²) in [5, 5.41) is 1.00. The Hall–Kier alpha value is -0.910. The number of pyridine rings is 1. The van der Waals surface area contributed by atoms with Crippen molar-refractivity contribution in [3.05, 3.63) is 34.5 Å². The van der Waals surface area contributed by atoms with Crippen molar-refractivity contribution in [3.63, 3.8) is 0 Å². The van der Waals surface area contributed by atoms with Crippen LogP contribution in [-0.4, -0.2) is 18.0 Å². The smallest absolute Gasteiger partial charge is 0.282 e. The molecule has 0 radical (unpaired) electrons. The van der Waals surface area contributed by atoms with E-state index in [1.807, 2.05) is 0 Å². The molecule has 0 aliphatic carbocycles. The molecule has 1 rings (SSSR count). The van der Waals surface area contributed by atoms with Crippen molar-refractivity contribution in [3.8, 4) is 0 Å². The Labute approximate surface area is 80.6 Å². The van der Waals surface area contributed by atoms with Gasteiger partial charge in [-0.15, -0.1) is 0 Å². The summed E-state index contributed by atoms with van der Waals surface area (Å²) in [6.45, 7) is 0. The largest absolute Gasteiger partial charge is 0.287 e. The molecular weight excluding hydrogens is 214 g/mol. The van der Waals surface area contributed by atoms with Gasteiger partial charge >= 0.3 is 0 Å². The van der Waals surface area contributed by atoms with Crippen molar-refractivity contribution in [2.75, 3.05) is 0 Å². The molecule has 0 saturated heterocycles. The van der Waals surface area contributed by atoms with E-state index >= 15 is 0 Å². The van der Waals surface area contributed by atoms with Crippen molar-refractivity contribution < 1.29 is 13.0 Å². The number of hydrogen-bond acceptors (Lipinski definition) is 3. The lowest BCUT2D eigenvalue weighted by molar-refractivity contribution is 0.494. The summed E-state index contributed by atoms with van der Waals surface area (Å²) >= 11 is 5.50. The van der Waals surface area contributed by atoms with E-state index in [-0.39, 0.29) is 0 Å². The van der Waals surface area contributed by atoms with Crippen LogP contribution in [0.25, 0.3) is 6.08 Å². The molecule has 1 aromatic rings. The zero-order valence-electron chi connectivity index (χ0n) is 6.38. The van der Waals surface area contributed by atoms with Gasteiger partial charge in [-0.25, -0.2) is 4.98 Å². The third-order valence-electron chi connectivity index (χ3n) is 1.18. The molecule has 0 spiro atoms. The van der Waals surface area contributed by atoms with E-state index in [4.69, 9.17) is 16.2 Å². The summed E-state index contributed by atoms with van der Waals surface area (Å²) in [6, 6.07) is 3.10. The lowest BCUT2D eigenvalue weighted by Gasteiger charge is -1.91. The molecule has 0 bridgehead atoms. The first kappa shape index (κ1) is 10.2. The molecule has 0 saturated carbocycles. The lowest BCUT2D eigenvalue weighted by Crippen LogP contribution is -1.89. The first-order valence-corrected chi connectivity index (χ1v) is 5.12. The van der Waals surface area contributed by atoms with E-state index in [2.05, 4.69) is 4.98 Å². The Kier molecular flexibility index (Phi) is 3.02. The fourth-order valence-electron chi connectivity index (χ4n) is 0.650. The van der Waals surface area contributed by atoms with Crippen LogP contribution in [0.5, 0.6) is 0 Å². The molecule has 70 valence electrons. The molecule has 0 amide bonds. The van der Waals surface area contributed by atoms with Crippen LogP contribution in [0.3, 0.4) is 0 Å². The Morgan fingerprint density at radius 1 is 1.46 bits per heavy atom. The van der Waals surface area contributed by atoms with Crippen LogP contribution in [0.4, 0.5) is 0 Å². The topological polar surface area (TPSA) is 67.3 Å². The summed E-state index contributed by atoms with van der Waals surface area (Å²) in [7, 11) is -4.07. The molecule has 0 unspecified atom stereocenters. The minimum absolute atomic E-state index is 0.323. The van der Waals surface area contributed by atoms with Crippen LogP contribution in [0.2, 0.25) is 5.15 Å². The van der Waals surface area contributed by atoms with E-state index in [0.717, 1.165) is 0 Å². The summed E-state index contributed by atoms with van der Waals surface area (Å²) in [5.74, 6) is 0. The second kappa shape index (κ2) is 3.87. The van der Waals surface area contributed by atoms with Crippen molar-refractivity contribution in [2.24, 2.45) is 0 Å². The van der Waals surface area contributed by atoms with Crippen LogP contribution >= 0.6 is 11.6 Å². The van der Waals surface area contributed by atoms with Gasteiger partial charge in [0.25, 0.3) is 10.1 Å². The zero-order valence-corrected chi connectivity index (χ0v) is 7.96. The second-order valence-corrected chi connectivity index (χ2v) is 3.92. The minimum Gasteiger partial charge on any atom is -0.282 e. The molecular formula is C7H6ClNO3S. The first-order chi connectivity index (χ1) is 5.97. The standard InChI is InChI=1S/C7H6ClNO3S/c8-7-2-1-6(5-9-7)3-4-13(10,11)12/h1-5H,(H,10,11,12)/b4-3+. The average Bonchev–Trinajstić information content (AvgIpc) is 2.02. The molecule has 0 fully saturated rings. The quantitative estimate of drug-likeness (QED) is 0.606. The predicted octanol–water partition coefficient (Wildman–Crippen LogP) is 1.59. The van der Waals surface area contributed by atoms with Gasteiger partial charge in [0, 0.05) is 6.20 Å². The predicted molar refractivity (Wildman–Crippen MR) is 49.8 cm³/mol. The van der Waals surface area contributed by atoms with Gasteiger partial charge in [-0.1, -0.05) is 17.7 Å². The number of halogens is 1. The zero-order chi connectivity index (χ0) is 9.90. The highest BCUT2D eigenvalue weighted by Crippen LogP contribution is 2.07. The van der Waals surface area contributed by atoms with Gasteiger partial charge in [0.2, 0.25) is 0 Å². The summed E-state index contributed by atoms with van der Waals surface area (Å²) in [6.07, 6.45) is 2.61. The van der Waals surface area contributed by atoms with Gasteiger partial charge in [-0.3, -0.25) is 4.55 Å². The molecule has 4 nitrogen and oxygen atoms in total. The second-order valence-electron chi connectivity index (χ2n) is 2.23. The van der Waals surface area contributed by atoms with Crippen LogP contribution in [-0.2, 0) is 10.1 Å². The fraction of sp³-hybridized carbons (Fsp3) is 0. The third-order valence-corrected chi connectivity index (χ3v) is 1.89. The summed E-state index contributed by atoms with van der Waals surface area (Å²) < 4.78 is 29.0. The molecule has 0 aliphatic heterocycles. The average molecular weight is 220 g/mol. The maximum Gasteiger partial charge on any atom is 0.287 e. The number of rotatable bonds is 2. The molecule has 13 heavy (non-hydrogen) atoms. The van der Waals surface area contributed by atoms with Crippen molar-refractivity contribution in [1.82, 2.24) is 4.98 Å². The highest BCUT2D eigenvalue weighted by Gasteiger charge is 1.95. The maximum atomic E-state index is 10.3. The van der Waals surface area contributed by atoms with Crippen molar-refractivity contribution in [1.29, 1.82) is 0 Å². The Morgan fingerprint density at radius 2 is 2.15 bits per heavy atom. The maximum absolute atomic E-state index is 10.3. The molecule has 0 aromatic carbocycles. The van der Waals surface area contributed by atoms with Crippen LogP contribution in [0.1, 0.15) is 5.56 Å². The third kappa shape index (κ3) is 4.02. The van der Waals surface area contributed by atoms with Gasteiger partial charge < -0.3 is 0 Å². The van der Waals surface area contributed by atoms with E-state index in [9.17, 15) is 8.42 Å². The highest BCUT2D eigenvalue weighted by molar-refractivity contribution is 7.88. The monoisotopic (exact) mass is 219 g/mol. The van der Waals surface area contributed by atoms with Crippen molar-refractivity contribution >= 4 is 27.8 Å². The van der Waals surface area contributed by atoms with Gasteiger partial charge in [0.15, 0.2) is 0 Å². The van der Waals surface area contributed by atoms with E-state index in [1.54, 1.807) is 6.07 Å². The van der Waals surface area contributed by atoms with Crippen LogP contribution in [0, 0.1) is 0 Å². The van der Waals surface area contributed by atoms with Crippen LogP contribution < -0.4 is 0 Å². The Balaban J connectivity index is 2.88. The molecule has 0 aliphatic rings. The van der Waals surface area contributed by atoms with Gasteiger partial charge in [-0.05, 0) is 17.7 Å². The number of nitrogens with zero attached hydrogens (tertiary/aromatic N) is 1. The van der Waals surface area contributed by atoms with E-state index < -0.39 is 10.1 Å². The van der Waals surface area contributed by atoms with Gasteiger partial charge in [-0.2, -0.15) is 8.42 Å². The number of hydrogen-bond donors (Lipinski definition) is 1. The van der Waals surface area contributed by atoms with E-state index in [1.165, 1.54) is 18.3 Å². The molecule has 0 atom stereocenters. The van der Waals surface area contributed by atoms with Gasteiger partial charge in [0.05, 0.1) is 5.41 Å². The minimum atomic E-state index is -4.07. The Morgan fingerprint density at radius 3 is 2.62 bits per heavy atom. The van der Waals surface area contributed by atoms with Gasteiger partial charge in [0.1, 0.15) is 5.15 Å². The molecule has 1 heterocycles.